The van der Waals surface area contributed by atoms with Gasteiger partial charge in [-0.05, 0) is 38.2 Å². The van der Waals surface area contributed by atoms with E-state index >= 15 is 0 Å². The predicted octanol–water partition coefficient (Wildman–Crippen LogP) is 2.99. The number of hydrogen-bond donors (Lipinski definition) is 1. The molecule has 128 valence electrons. The van der Waals surface area contributed by atoms with Gasteiger partial charge in [0.2, 0.25) is 11.8 Å². The molecule has 1 N–H and O–H groups in total. The number of aryl methyl sites for hydroxylation is 1. The highest BCUT2D eigenvalue weighted by molar-refractivity contribution is 5.84. The highest BCUT2D eigenvalue weighted by Gasteiger charge is 2.41. The number of piperidine rings is 1. The topological polar surface area (TPSA) is 49.4 Å². The molecule has 1 aromatic rings. The van der Waals surface area contributed by atoms with Crippen LogP contribution < -0.4 is 5.32 Å². The van der Waals surface area contributed by atoms with Crippen LogP contribution in [-0.4, -0.2) is 29.8 Å². The molecule has 2 amide bonds. The molecular formula is C20H26N2O2. The normalized spacial score (nSPS) is 23.6. The summed E-state index contributed by atoms with van der Waals surface area (Å²) in [5, 5.41) is 2.88. The third-order valence-corrected chi connectivity index (χ3v) is 5.01. The number of likely N-dealkylation sites (tertiary alicyclic amines) is 1. The lowest BCUT2D eigenvalue weighted by Crippen LogP contribution is -2.47. The van der Waals surface area contributed by atoms with Crippen LogP contribution in [0.3, 0.4) is 0 Å². The third kappa shape index (κ3) is 3.69. The maximum atomic E-state index is 12.8. The molecule has 2 aliphatic rings. The van der Waals surface area contributed by atoms with Crippen LogP contribution in [-0.2, 0) is 9.59 Å². The van der Waals surface area contributed by atoms with Crippen molar-refractivity contribution < 1.29 is 9.59 Å². The van der Waals surface area contributed by atoms with Crippen molar-refractivity contribution in [3.05, 3.63) is 48.0 Å². The summed E-state index contributed by atoms with van der Waals surface area (Å²) >= 11 is 0. The van der Waals surface area contributed by atoms with Gasteiger partial charge in [-0.1, -0.05) is 35.9 Å². The van der Waals surface area contributed by atoms with Crippen LogP contribution in [0, 0.1) is 18.8 Å². The lowest BCUT2D eigenvalue weighted by Gasteiger charge is -2.40. The highest BCUT2D eigenvalue weighted by atomic mass is 16.2. The highest BCUT2D eigenvalue weighted by Crippen LogP contribution is 2.39. The van der Waals surface area contributed by atoms with Crippen LogP contribution in [0.25, 0.3) is 0 Å². The molecule has 0 spiro atoms. The Kier molecular flexibility index (Phi) is 5.03. The molecule has 24 heavy (non-hydrogen) atoms. The minimum atomic E-state index is -0.117. The molecule has 1 heterocycles. The van der Waals surface area contributed by atoms with E-state index in [9.17, 15) is 9.59 Å². The lowest BCUT2D eigenvalue weighted by atomic mass is 9.87. The largest absolute Gasteiger partial charge is 0.352 e. The fourth-order valence-corrected chi connectivity index (χ4v) is 3.53. The second-order valence-electron chi connectivity index (χ2n) is 7.00. The predicted molar refractivity (Wildman–Crippen MR) is 94.3 cm³/mol. The molecule has 2 fully saturated rings. The smallest absolute Gasteiger partial charge is 0.226 e. The maximum absolute atomic E-state index is 12.8. The monoisotopic (exact) mass is 326 g/mol. The van der Waals surface area contributed by atoms with Gasteiger partial charge in [0.05, 0.1) is 12.0 Å². The summed E-state index contributed by atoms with van der Waals surface area (Å²) in [5.41, 5.74) is 2.39. The quantitative estimate of drug-likeness (QED) is 0.846. The second-order valence-corrected chi connectivity index (χ2v) is 7.00. The van der Waals surface area contributed by atoms with Crippen LogP contribution >= 0.6 is 0 Å². The van der Waals surface area contributed by atoms with Crippen LogP contribution in [0.5, 0.6) is 0 Å². The van der Waals surface area contributed by atoms with Gasteiger partial charge in [-0.2, -0.15) is 0 Å². The molecule has 2 unspecified atom stereocenters. The minimum Gasteiger partial charge on any atom is -0.352 e. The van der Waals surface area contributed by atoms with Crippen molar-refractivity contribution in [1.82, 2.24) is 10.2 Å². The van der Waals surface area contributed by atoms with Gasteiger partial charge >= 0.3 is 0 Å². The van der Waals surface area contributed by atoms with E-state index in [1.807, 2.05) is 11.0 Å². The number of carbonyl (C=O) groups excluding carboxylic acids is 2. The fourth-order valence-electron chi connectivity index (χ4n) is 3.53. The Morgan fingerprint density at radius 2 is 2.00 bits per heavy atom. The van der Waals surface area contributed by atoms with Crippen molar-refractivity contribution in [2.75, 3.05) is 13.1 Å². The van der Waals surface area contributed by atoms with E-state index in [4.69, 9.17) is 0 Å². The molecule has 2 atom stereocenters. The van der Waals surface area contributed by atoms with Crippen LogP contribution in [0.4, 0.5) is 0 Å². The molecule has 4 nitrogen and oxygen atoms in total. The Hall–Kier alpha value is -2.10. The maximum Gasteiger partial charge on any atom is 0.226 e. The first-order chi connectivity index (χ1) is 11.6. The van der Waals surface area contributed by atoms with Crippen molar-refractivity contribution >= 4 is 11.8 Å². The number of rotatable bonds is 5. The molecule has 0 radical (unpaired) electrons. The van der Waals surface area contributed by atoms with Crippen LogP contribution in [0.1, 0.15) is 42.9 Å². The Morgan fingerprint density at radius 3 is 2.67 bits per heavy atom. The van der Waals surface area contributed by atoms with Gasteiger partial charge < -0.3 is 10.2 Å². The molecule has 4 heteroatoms. The van der Waals surface area contributed by atoms with Crippen LogP contribution in [0.15, 0.2) is 36.9 Å². The number of hydrogen-bond acceptors (Lipinski definition) is 2. The first-order valence-electron chi connectivity index (χ1n) is 8.85. The van der Waals surface area contributed by atoms with Gasteiger partial charge in [0.1, 0.15) is 0 Å². The Balaban J connectivity index is 1.78. The summed E-state index contributed by atoms with van der Waals surface area (Å²) in [5.74, 6) is 0.315. The molecule has 1 aromatic carbocycles. The van der Waals surface area contributed by atoms with E-state index in [0.29, 0.717) is 13.1 Å². The van der Waals surface area contributed by atoms with Crippen molar-refractivity contribution in [3.8, 4) is 0 Å². The van der Waals surface area contributed by atoms with E-state index in [0.717, 1.165) is 25.7 Å². The summed E-state index contributed by atoms with van der Waals surface area (Å²) in [7, 11) is 0. The summed E-state index contributed by atoms with van der Waals surface area (Å²) in [6.45, 7) is 6.71. The van der Waals surface area contributed by atoms with Crippen molar-refractivity contribution in [2.45, 2.75) is 38.6 Å². The number of carbonyl (C=O) groups is 2. The van der Waals surface area contributed by atoms with Crippen molar-refractivity contribution in [2.24, 2.45) is 11.8 Å². The van der Waals surface area contributed by atoms with E-state index in [-0.39, 0.29) is 29.7 Å². The average molecular weight is 326 g/mol. The zero-order valence-electron chi connectivity index (χ0n) is 14.3. The Morgan fingerprint density at radius 1 is 1.25 bits per heavy atom. The summed E-state index contributed by atoms with van der Waals surface area (Å²) in [6.07, 6.45) is 5.32. The standard InChI is InChI=1S/C20H26N2O2/c1-3-11-21-19(23)17-9-10-18(16-6-4-5-14(2)12-16)22(13-17)20(24)15-7-8-15/h3-6,12,15,17-18H,1,7-11,13H2,2H3,(H,21,23). The molecule has 0 bridgehead atoms. The second kappa shape index (κ2) is 7.20. The summed E-state index contributed by atoms with van der Waals surface area (Å²) in [6, 6.07) is 8.48. The van der Waals surface area contributed by atoms with Gasteiger partial charge in [-0.15, -0.1) is 6.58 Å². The Bertz CT molecular complexity index is 636. The first-order valence-corrected chi connectivity index (χ1v) is 8.85. The van der Waals surface area contributed by atoms with Gasteiger partial charge in [0, 0.05) is 19.0 Å². The molecule has 3 rings (SSSR count). The average Bonchev–Trinajstić information content (AvgIpc) is 3.43. The van der Waals surface area contributed by atoms with Gasteiger partial charge in [0.15, 0.2) is 0 Å². The SMILES string of the molecule is C=CCNC(=O)C1CCC(c2cccc(C)c2)N(C(=O)C2CC2)C1. The number of amides is 2. The van der Waals surface area contributed by atoms with E-state index in [1.54, 1.807) is 6.08 Å². The van der Waals surface area contributed by atoms with Gasteiger partial charge in [-0.25, -0.2) is 0 Å². The van der Waals surface area contributed by atoms with Gasteiger partial charge in [0.25, 0.3) is 0 Å². The van der Waals surface area contributed by atoms with Crippen LogP contribution in [0.2, 0.25) is 0 Å². The molecule has 1 saturated carbocycles. The first kappa shape index (κ1) is 16.7. The summed E-state index contributed by atoms with van der Waals surface area (Å²) in [4.78, 5) is 27.1. The zero-order chi connectivity index (χ0) is 17.1. The van der Waals surface area contributed by atoms with Crippen molar-refractivity contribution in [3.63, 3.8) is 0 Å². The van der Waals surface area contributed by atoms with Crippen molar-refractivity contribution in [1.29, 1.82) is 0 Å². The number of nitrogens with zero attached hydrogens (tertiary/aromatic N) is 1. The minimum absolute atomic E-state index is 0.0335. The van der Waals surface area contributed by atoms with E-state index in [1.165, 1.54) is 11.1 Å². The Labute approximate surface area is 143 Å². The van der Waals surface area contributed by atoms with E-state index < -0.39 is 0 Å². The molecule has 1 aliphatic carbocycles. The zero-order valence-corrected chi connectivity index (χ0v) is 14.3. The molecular weight excluding hydrogens is 300 g/mol. The molecule has 0 aromatic heterocycles. The molecule has 1 aliphatic heterocycles. The lowest BCUT2D eigenvalue weighted by molar-refractivity contribution is -0.140. The third-order valence-electron chi connectivity index (χ3n) is 5.01. The number of benzene rings is 1. The summed E-state index contributed by atoms with van der Waals surface area (Å²) < 4.78 is 0. The van der Waals surface area contributed by atoms with E-state index in [2.05, 4.69) is 37.0 Å². The molecule has 1 saturated heterocycles. The number of nitrogens with one attached hydrogen (secondary N) is 1. The fraction of sp³-hybridized carbons (Fsp3) is 0.500. The van der Waals surface area contributed by atoms with Gasteiger partial charge in [-0.3, -0.25) is 9.59 Å².